The molecule has 0 saturated carbocycles. The predicted molar refractivity (Wildman–Crippen MR) is 80.7 cm³/mol. The first-order valence-electron chi connectivity index (χ1n) is 6.85. The normalized spacial score (nSPS) is 11.2. The fraction of sp³-hybridized carbons (Fsp3) is 0.643. The van der Waals surface area contributed by atoms with E-state index in [1.165, 1.54) is 6.20 Å². The SMILES string of the molecule is CC(C)c1ncc(N)c(C(=O)N(C)CCCN(C)C)n1. The van der Waals surface area contributed by atoms with Crippen LogP contribution in [0.5, 0.6) is 0 Å². The van der Waals surface area contributed by atoms with Crippen LogP contribution < -0.4 is 5.73 Å². The quantitative estimate of drug-likeness (QED) is 0.847. The molecule has 0 aliphatic carbocycles. The van der Waals surface area contributed by atoms with E-state index in [0.29, 0.717) is 23.8 Å². The molecule has 2 N–H and O–H groups in total. The topological polar surface area (TPSA) is 75.3 Å². The lowest BCUT2D eigenvalue weighted by molar-refractivity contribution is 0.0785. The van der Waals surface area contributed by atoms with Gasteiger partial charge in [0.05, 0.1) is 11.9 Å². The second-order valence-corrected chi connectivity index (χ2v) is 5.57. The molecule has 0 radical (unpaired) electrons. The fourth-order valence-electron chi connectivity index (χ4n) is 1.76. The maximum Gasteiger partial charge on any atom is 0.274 e. The summed E-state index contributed by atoms with van der Waals surface area (Å²) in [6, 6.07) is 0. The molecule has 0 bridgehead atoms. The summed E-state index contributed by atoms with van der Waals surface area (Å²) >= 11 is 0. The van der Waals surface area contributed by atoms with Crippen molar-refractivity contribution in [3.63, 3.8) is 0 Å². The molecule has 0 saturated heterocycles. The number of nitrogen functional groups attached to an aromatic ring is 1. The second kappa shape index (κ2) is 7.19. The van der Waals surface area contributed by atoms with Gasteiger partial charge in [-0.3, -0.25) is 4.79 Å². The zero-order valence-corrected chi connectivity index (χ0v) is 13.1. The summed E-state index contributed by atoms with van der Waals surface area (Å²) in [5.74, 6) is 0.663. The molecule has 0 atom stereocenters. The van der Waals surface area contributed by atoms with E-state index >= 15 is 0 Å². The zero-order valence-electron chi connectivity index (χ0n) is 13.1. The van der Waals surface area contributed by atoms with E-state index in [0.717, 1.165) is 13.0 Å². The van der Waals surface area contributed by atoms with Crippen LogP contribution >= 0.6 is 0 Å². The second-order valence-electron chi connectivity index (χ2n) is 5.57. The van der Waals surface area contributed by atoms with Gasteiger partial charge in [-0.1, -0.05) is 13.8 Å². The van der Waals surface area contributed by atoms with Gasteiger partial charge in [0.25, 0.3) is 5.91 Å². The molecule has 0 fully saturated rings. The Bertz CT molecular complexity index is 459. The third kappa shape index (κ3) is 4.45. The summed E-state index contributed by atoms with van der Waals surface area (Å²) in [5, 5.41) is 0. The highest BCUT2D eigenvalue weighted by Crippen LogP contribution is 2.15. The van der Waals surface area contributed by atoms with E-state index in [1.54, 1.807) is 11.9 Å². The molecule has 6 heteroatoms. The molecule has 1 amide bonds. The zero-order chi connectivity index (χ0) is 15.3. The summed E-state index contributed by atoms with van der Waals surface area (Å²) < 4.78 is 0. The van der Waals surface area contributed by atoms with Crippen LogP contribution in [-0.4, -0.2) is 59.9 Å². The molecule has 0 spiro atoms. The molecular formula is C14H25N5O. The van der Waals surface area contributed by atoms with Gasteiger partial charge in [0.15, 0.2) is 5.69 Å². The molecule has 0 aliphatic rings. The highest BCUT2D eigenvalue weighted by Gasteiger charge is 2.18. The van der Waals surface area contributed by atoms with Crippen LogP contribution in [0.4, 0.5) is 5.69 Å². The van der Waals surface area contributed by atoms with Gasteiger partial charge < -0.3 is 15.5 Å². The van der Waals surface area contributed by atoms with Gasteiger partial charge in [0.1, 0.15) is 5.82 Å². The largest absolute Gasteiger partial charge is 0.396 e. The minimum absolute atomic E-state index is 0.148. The summed E-state index contributed by atoms with van der Waals surface area (Å²) in [7, 11) is 5.80. The minimum atomic E-state index is -0.148. The summed E-state index contributed by atoms with van der Waals surface area (Å²) in [5.41, 5.74) is 6.46. The lowest BCUT2D eigenvalue weighted by Gasteiger charge is -2.19. The van der Waals surface area contributed by atoms with Gasteiger partial charge in [0, 0.05) is 19.5 Å². The summed E-state index contributed by atoms with van der Waals surface area (Å²) in [6.45, 7) is 5.59. The van der Waals surface area contributed by atoms with E-state index in [4.69, 9.17) is 5.73 Å². The molecule has 0 aromatic carbocycles. The Labute approximate surface area is 121 Å². The Kier molecular flexibility index (Phi) is 5.88. The predicted octanol–water partition coefficient (Wildman–Crippen LogP) is 1.21. The standard InChI is InChI=1S/C14H25N5O/c1-10(2)13-16-9-11(15)12(17-13)14(20)19(5)8-6-7-18(3)4/h9-10H,6-8,15H2,1-5H3. The maximum absolute atomic E-state index is 12.4. The first-order chi connectivity index (χ1) is 9.32. The van der Waals surface area contributed by atoms with Crippen LogP contribution in [-0.2, 0) is 0 Å². The molecule has 0 unspecified atom stereocenters. The molecule has 1 aromatic heterocycles. The molecule has 1 heterocycles. The third-order valence-electron chi connectivity index (χ3n) is 3.00. The van der Waals surface area contributed by atoms with Crippen molar-refractivity contribution in [3.05, 3.63) is 17.7 Å². The number of hydrogen-bond donors (Lipinski definition) is 1. The number of nitrogens with zero attached hydrogens (tertiary/aromatic N) is 4. The van der Waals surface area contributed by atoms with E-state index < -0.39 is 0 Å². The van der Waals surface area contributed by atoms with Crippen LogP contribution in [0.25, 0.3) is 0 Å². The first kappa shape index (κ1) is 16.4. The van der Waals surface area contributed by atoms with Gasteiger partial charge >= 0.3 is 0 Å². The maximum atomic E-state index is 12.4. The Morgan fingerprint density at radius 2 is 1.95 bits per heavy atom. The minimum Gasteiger partial charge on any atom is -0.396 e. The van der Waals surface area contributed by atoms with Crippen molar-refractivity contribution in [1.29, 1.82) is 0 Å². The number of hydrogen-bond acceptors (Lipinski definition) is 5. The average molecular weight is 279 g/mol. The van der Waals surface area contributed by atoms with E-state index in [-0.39, 0.29) is 11.8 Å². The van der Waals surface area contributed by atoms with Crippen molar-refractivity contribution < 1.29 is 4.79 Å². The van der Waals surface area contributed by atoms with Crippen molar-refractivity contribution in [2.24, 2.45) is 0 Å². The number of rotatable bonds is 6. The number of aromatic nitrogens is 2. The van der Waals surface area contributed by atoms with Crippen molar-refractivity contribution in [1.82, 2.24) is 19.8 Å². The smallest absolute Gasteiger partial charge is 0.274 e. The van der Waals surface area contributed by atoms with Gasteiger partial charge in [-0.15, -0.1) is 0 Å². The van der Waals surface area contributed by atoms with Crippen LogP contribution in [0.2, 0.25) is 0 Å². The molecule has 0 aliphatic heterocycles. The van der Waals surface area contributed by atoms with Crippen molar-refractivity contribution in [2.75, 3.05) is 40.0 Å². The van der Waals surface area contributed by atoms with Gasteiger partial charge in [-0.25, -0.2) is 9.97 Å². The number of carbonyl (C=O) groups is 1. The number of nitrogens with two attached hydrogens (primary N) is 1. The number of carbonyl (C=O) groups excluding carboxylic acids is 1. The van der Waals surface area contributed by atoms with Crippen molar-refractivity contribution >= 4 is 11.6 Å². The van der Waals surface area contributed by atoms with Gasteiger partial charge in [-0.05, 0) is 27.1 Å². The number of amides is 1. The Balaban J connectivity index is 2.77. The van der Waals surface area contributed by atoms with Crippen molar-refractivity contribution in [3.8, 4) is 0 Å². The Morgan fingerprint density at radius 1 is 1.30 bits per heavy atom. The molecular weight excluding hydrogens is 254 g/mol. The Morgan fingerprint density at radius 3 is 2.50 bits per heavy atom. The molecule has 1 aromatic rings. The third-order valence-corrected chi connectivity index (χ3v) is 3.00. The van der Waals surface area contributed by atoms with Crippen LogP contribution in [0.1, 0.15) is 42.5 Å². The number of anilines is 1. The van der Waals surface area contributed by atoms with E-state index in [2.05, 4.69) is 14.9 Å². The average Bonchev–Trinajstić information content (AvgIpc) is 2.37. The van der Waals surface area contributed by atoms with Gasteiger partial charge in [0.2, 0.25) is 0 Å². The van der Waals surface area contributed by atoms with Crippen LogP contribution in [0.15, 0.2) is 6.20 Å². The van der Waals surface area contributed by atoms with Crippen LogP contribution in [0, 0.1) is 0 Å². The highest BCUT2D eigenvalue weighted by atomic mass is 16.2. The van der Waals surface area contributed by atoms with Crippen LogP contribution in [0.3, 0.4) is 0 Å². The van der Waals surface area contributed by atoms with E-state index in [1.807, 2.05) is 27.9 Å². The molecule has 112 valence electrons. The lowest BCUT2D eigenvalue weighted by Crippen LogP contribution is -2.31. The lowest BCUT2D eigenvalue weighted by atomic mass is 10.2. The fourth-order valence-corrected chi connectivity index (χ4v) is 1.76. The highest BCUT2D eigenvalue weighted by molar-refractivity contribution is 5.96. The molecule has 6 nitrogen and oxygen atoms in total. The molecule has 20 heavy (non-hydrogen) atoms. The summed E-state index contributed by atoms with van der Waals surface area (Å²) in [6.07, 6.45) is 2.43. The first-order valence-corrected chi connectivity index (χ1v) is 6.85. The van der Waals surface area contributed by atoms with Gasteiger partial charge in [-0.2, -0.15) is 0 Å². The monoisotopic (exact) mass is 279 g/mol. The van der Waals surface area contributed by atoms with E-state index in [9.17, 15) is 4.79 Å². The summed E-state index contributed by atoms with van der Waals surface area (Å²) in [4.78, 5) is 24.6. The Hall–Kier alpha value is -1.69. The van der Waals surface area contributed by atoms with Crippen molar-refractivity contribution in [2.45, 2.75) is 26.2 Å². The molecule has 1 rings (SSSR count).